The van der Waals surface area contributed by atoms with Gasteiger partial charge in [-0.05, 0) is 112 Å². The number of halogens is 1. The number of carbonyl (C=O) groups is 1. The van der Waals surface area contributed by atoms with E-state index in [2.05, 4.69) is 26.7 Å². The van der Waals surface area contributed by atoms with Gasteiger partial charge in [-0.15, -0.1) is 0 Å². The number of benzene rings is 2. The summed E-state index contributed by atoms with van der Waals surface area (Å²) in [7, 11) is -3.99. The summed E-state index contributed by atoms with van der Waals surface area (Å²) >= 11 is 6.45. The van der Waals surface area contributed by atoms with Crippen LogP contribution >= 0.6 is 11.6 Å². The van der Waals surface area contributed by atoms with Crippen molar-refractivity contribution in [2.45, 2.75) is 75.6 Å². The highest BCUT2D eigenvalue weighted by atomic mass is 35.5. The van der Waals surface area contributed by atoms with Crippen LogP contribution in [0.5, 0.6) is 5.75 Å². The average molecular weight is 690 g/mol. The molecular formula is C38H44ClN3O5S. The lowest BCUT2D eigenvalue weighted by molar-refractivity contribution is -0.0502. The number of carbonyl (C=O) groups excluding carboxylic acids is 1. The molecule has 254 valence electrons. The molecule has 2 N–H and O–H groups in total. The highest BCUT2D eigenvalue weighted by molar-refractivity contribution is 7.90. The number of fused-ring (bicyclic) bond motifs is 4. The molecule has 0 saturated heterocycles. The van der Waals surface area contributed by atoms with E-state index in [1.54, 1.807) is 31.3 Å². The third-order valence-corrected chi connectivity index (χ3v) is 13.7. The molecule has 8 nitrogen and oxygen atoms in total. The van der Waals surface area contributed by atoms with Gasteiger partial charge in [0.2, 0.25) is 10.0 Å². The van der Waals surface area contributed by atoms with Crippen molar-refractivity contribution in [3.8, 4) is 5.75 Å². The molecule has 2 bridgehead atoms. The maximum Gasteiger partial charge on any atom is 0.264 e. The molecule has 6 atom stereocenters. The fourth-order valence-electron chi connectivity index (χ4n) is 8.28. The number of allylic oxidation sites excluding steroid dienone is 1. The molecule has 7 rings (SSSR count). The van der Waals surface area contributed by atoms with Crippen molar-refractivity contribution in [2.75, 3.05) is 24.6 Å². The Balaban J connectivity index is 1.35. The Morgan fingerprint density at radius 3 is 2.69 bits per heavy atom. The number of nitrogens with one attached hydrogen (secondary N) is 1. The molecule has 2 aliphatic carbocycles. The highest BCUT2D eigenvalue weighted by Gasteiger charge is 2.49. The lowest BCUT2D eigenvalue weighted by Crippen LogP contribution is -2.51. The van der Waals surface area contributed by atoms with Gasteiger partial charge in [0.1, 0.15) is 11.4 Å². The van der Waals surface area contributed by atoms with Gasteiger partial charge in [0.15, 0.2) is 0 Å². The molecule has 1 saturated carbocycles. The zero-order chi connectivity index (χ0) is 33.8. The predicted molar refractivity (Wildman–Crippen MR) is 188 cm³/mol. The quantitative estimate of drug-likeness (QED) is 0.282. The van der Waals surface area contributed by atoms with Crippen molar-refractivity contribution in [1.29, 1.82) is 0 Å². The zero-order valence-electron chi connectivity index (χ0n) is 27.8. The third-order valence-electron chi connectivity index (χ3n) is 11.5. The standard InChI is InChI=1S/C38H44ClN3O5S/c1-24-6-4-17-38(44,30-11-8-25(2)40-20-30)33-13-9-29(33)21-42-22-37(16-5-7-27-18-31(39)12-14-32(27)37)23-47-35-15-10-28(19-34(35)42)36(43)41-48(45,46)26(24)3/h4,8,10-12,14-15,17-20,24,26,29,33,44H,5-7,9,13,16,21-23H2,1-3H3,(H,41,43)/b17-4+/t24-,26+,29-,33+,37-,38-/m0/s1. The number of hydrogen-bond acceptors (Lipinski definition) is 7. The molecule has 0 unspecified atom stereocenters. The summed E-state index contributed by atoms with van der Waals surface area (Å²) in [5, 5.41) is 12.5. The van der Waals surface area contributed by atoms with Crippen LogP contribution in [0.3, 0.4) is 0 Å². The Labute approximate surface area is 288 Å². The van der Waals surface area contributed by atoms with Crippen LogP contribution < -0.4 is 14.4 Å². The van der Waals surface area contributed by atoms with Gasteiger partial charge >= 0.3 is 0 Å². The molecular weight excluding hydrogens is 646 g/mol. The number of aryl methyl sites for hydroxylation is 2. The second-order valence-corrected chi connectivity index (χ2v) is 17.0. The van der Waals surface area contributed by atoms with Gasteiger partial charge < -0.3 is 14.7 Å². The maximum atomic E-state index is 13.5. The largest absolute Gasteiger partial charge is 0.490 e. The van der Waals surface area contributed by atoms with Gasteiger partial charge in [-0.1, -0.05) is 42.8 Å². The molecule has 3 heterocycles. The van der Waals surface area contributed by atoms with E-state index in [1.807, 2.05) is 44.2 Å². The summed E-state index contributed by atoms with van der Waals surface area (Å²) < 4.78 is 35.8. The number of amides is 1. The molecule has 1 fully saturated rings. The molecule has 0 radical (unpaired) electrons. The van der Waals surface area contributed by atoms with Crippen molar-refractivity contribution in [1.82, 2.24) is 9.71 Å². The summed E-state index contributed by atoms with van der Waals surface area (Å²) in [5.41, 5.74) is 3.50. The Kier molecular flexibility index (Phi) is 8.61. The minimum absolute atomic E-state index is 0.0878. The Bertz CT molecular complexity index is 1860. The van der Waals surface area contributed by atoms with Gasteiger partial charge in [-0.3, -0.25) is 9.78 Å². The molecule has 3 aromatic rings. The first-order valence-corrected chi connectivity index (χ1v) is 19.0. The van der Waals surface area contributed by atoms with Crippen molar-refractivity contribution >= 4 is 33.2 Å². The first kappa shape index (κ1) is 33.1. The van der Waals surface area contributed by atoms with Crippen LogP contribution in [0, 0.1) is 24.7 Å². The Morgan fingerprint density at radius 1 is 1.10 bits per heavy atom. The number of anilines is 1. The monoisotopic (exact) mass is 689 g/mol. The van der Waals surface area contributed by atoms with Crippen LogP contribution in [0.1, 0.15) is 78.7 Å². The van der Waals surface area contributed by atoms with Crippen molar-refractivity contribution in [3.63, 3.8) is 0 Å². The van der Waals surface area contributed by atoms with Crippen molar-refractivity contribution in [3.05, 3.63) is 99.9 Å². The van der Waals surface area contributed by atoms with Crippen LogP contribution in [-0.2, 0) is 27.5 Å². The molecule has 1 amide bonds. The first-order valence-electron chi connectivity index (χ1n) is 17.1. The number of pyridine rings is 1. The van der Waals surface area contributed by atoms with Crippen molar-refractivity contribution in [2.24, 2.45) is 17.8 Å². The van der Waals surface area contributed by atoms with Gasteiger partial charge in [-0.2, -0.15) is 0 Å². The molecule has 10 heteroatoms. The normalized spacial score (nSPS) is 32.1. The van der Waals surface area contributed by atoms with E-state index < -0.39 is 26.8 Å². The average Bonchev–Trinajstić information content (AvgIpc) is 3.19. The van der Waals surface area contributed by atoms with E-state index in [0.717, 1.165) is 54.1 Å². The molecule has 1 aromatic heterocycles. The second kappa shape index (κ2) is 12.5. The van der Waals surface area contributed by atoms with Crippen molar-refractivity contribution < 1.29 is 23.1 Å². The molecule has 1 spiro atoms. The van der Waals surface area contributed by atoms with Gasteiger partial charge in [0.25, 0.3) is 5.91 Å². The fourth-order valence-corrected chi connectivity index (χ4v) is 9.76. The van der Waals surface area contributed by atoms with Gasteiger partial charge in [-0.25, -0.2) is 13.1 Å². The first-order chi connectivity index (χ1) is 22.9. The summed E-state index contributed by atoms with van der Waals surface area (Å²) in [5.74, 6) is -0.255. The number of aliphatic hydroxyl groups is 1. The summed E-state index contributed by atoms with van der Waals surface area (Å²) in [4.78, 5) is 20.4. The van der Waals surface area contributed by atoms with E-state index >= 15 is 0 Å². The number of ether oxygens (including phenoxy) is 1. The van der Waals surface area contributed by atoms with E-state index in [9.17, 15) is 18.3 Å². The topological polar surface area (TPSA) is 109 Å². The number of aromatic nitrogens is 1. The number of nitrogens with zero attached hydrogens (tertiary/aromatic N) is 2. The summed E-state index contributed by atoms with van der Waals surface area (Å²) in [6.07, 6.45) is 10.6. The molecule has 2 aliphatic heterocycles. The lowest BCUT2D eigenvalue weighted by atomic mass is 9.62. The Hall–Kier alpha value is -3.40. The van der Waals surface area contributed by atoms with E-state index in [0.29, 0.717) is 31.9 Å². The van der Waals surface area contributed by atoms with Crippen LogP contribution in [0.25, 0.3) is 0 Å². The second-order valence-electron chi connectivity index (χ2n) is 14.5. The smallest absolute Gasteiger partial charge is 0.264 e. The lowest BCUT2D eigenvalue weighted by Gasteiger charge is -2.49. The number of hydrogen-bond donors (Lipinski definition) is 2. The van der Waals surface area contributed by atoms with Crippen LogP contribution in [0.4, 0.5) is 5.69 Å². The highest BCUT2D eigenvalue weighted by Crippen LogP contribution is 2.50. The van der Waals surface area contributed by atoms with Gasteiger partial charge in [0.05, 0.1) is 17.5 Å². The van der Waals surface area contributed by atoms with Crippen LogP contribution in [-0.4, -0.2) is 49.4 Å². The van der Waals surface area contributed by atoms with Crippen LogP contribution in [0.2, 0.25) is 5.02 Å². The SMILES string of the molecule is Cc1ccc([C@@]2(O)/C=C/C[C@H](C)[C@@H](C)S(=O)(=O)NC(=O)c3ccc4c(c3)N(C[C@@H]3CC[C@H]32)C[C@@]2(CCCc3cc(Cl)ccc32)CO4)cn1. The molecule has 4 aliphatic rings. The maximum absolute atomic E-state index is 13.5. The summed E-state index contributed by atoms with van der Waals surface area (Å²) in [6, 6.07) is 15.2. The molecule has 2 aromatic carbocycles. The molecule has 48 heavy (non-hydrogen) atoms. The number of sulfonamides is 1. The third kappa shape index (κ3) is 5.92. The fraction of sp³-hybridized carbons (Fsp3) is 0.474. The zero-order valence-corrected chi connectivity index (χ0v) is 29.4. The van der Waals surface area contributed by atoms with E-state index in [1.165, 1.54) is 11.1 Å². The van der Waals surface area contributed by atoms with Gasteiger partial charge in [0, 0.05) is 52.5 Å². The summed E-state index contributed by atoms with van der Waals surface area (Å²) in [6.45, 7) is 7.16. The predicted octanol–water partition coefficient (Wildman–Crippen LogP) is 6.47. The van der Waals surface area contributed by atoms with E-state index in [-0.39, 0.29) is 28.7 Å². The Morgan fingerprint density at radius 2 is 1.94 bits per heavy atom. The number of rotatable bonds is 1. The minimum Gasteiger partial charge on any atom is -0.490 e. The minimum atomic E-state index is -3.99. The van der Waals surface area contributed by atoms with Crippen LogP contribution in [0.15, 0.2) is 66.9 Å². The van der Waals surface area contributed by atoms with E-state index in [4.69, 9.17) is 16.3 Å².